The average molecular weight is 311 g/mol. The number of nitrogens with one attached hydrogen (secondary N) is 2. The molecule has 9 heteroatoms. The van der Waals surface area contributed by atoms with Gasteiger partial charge >= 0.3 is 6.18 Å². The van der Waals surface area contributed by atoms with Crippen molar-refractivity contribution in [3.05, 3.63) is 47.7 Å². The van der Waals surface area contributed by atoms with Gasteiger partial charge in [-0.2, -0.15) is 18.2 Å². The zero-order chi connectivity index (χ0) is 15.7. The molecule has 0 saturated heterocycles. The lowest BCUT2D eigenvalue weighted by atomic mass is 10.1. The second-order valence-electron chi connectivity index (χ2n) is 4.45. The number of benzene rings is 1. The van der Waals surface area contributed by atoms with Crippen LogP contribution in [-0.2, 0) is 12.7 Å². The van der Waals surface area contributed by atoms with Gasteiger partial charge in [-0.3, -0.25) is 0 Å². The SMILES string of the molecule is Fc1cccc(C(F)(F)F)c1CNc1ncc2[nH]cnc2n1. The van der Waals surface area contributed by atoms with E-state index in [1.54, 1.807) is 0 Å². The number of hydrogen-bond donors (Lipinski definition) is 2. The molecule has 3 aromatic rings. The fraction of sp³-hybridized carbons (Fsp3) is 0.154. The summed E-state index contributed by atoms with van der Waals surface area (Å²) in [4.78, 5) is 14.6. The van der Waals surface area contributed by atoms with Gasteiger partial charge in [0.15, 0.2) is 5.65 Å². The summed E-state index contributed by atoms with van der Waals surface area (Å²) in [7, 11) is 0. The van der Waals surface area contributed by atoms with Gasteiger partial charge in [0.2, 0.25) is 5.95 Å². The molecule has 0 amide bonds. The van der Waals surface area contributed by atoms with Gasteiger partial charge in [-0.15, -0.1) is 0 Å². The van der Waals surface area contributed by atoms with E-state index in [1.807, 2.05) is 0 Å². The zero-order valence-electron chi connectivity index (χ0n) is 10.9. The number of fused-ring (bicyclic) bond motifs is 1. The fourth-order valence-electron chi connectivity index (χ4n) is 1.99. The number of aromatic amines is 1. The molecule has 2 aromatic heterocycles. The number of nitrogens with zero attached hydrogens (tertiary/aromatic N) is 3. The molecule has 22 heavy (non-hydrogen) atoms. The minimum Gasteiger partial charge on any atom is -0.350 e. The minimum absolute atomic E-state index is 0.0657. The molecule has 0 unspecified atom stereocenters. The summed E-state index contributed by atoms with van der Waals surface area (Å²) < 4.78 is 52.3. The second-order valence-corrected chi connectivity index (χ2v) is 4.45. The van der Waals surface area contributed by atoms with E-state index < -0.39 is 29.7 Å². The molecule has 2 heterocycles. The third kappa shape index (κ3) is 2.69. The van der Waals surface area contributed by atoms with Crippen LogP contribution in [-0.4, -0.2) is 19.9 Å². The molecule has 0 aliphatic heterocycles. The maximum Gasteiger partial charge on any atom is 0.416 e. The maximum absolute atomic E-state index is 13.7. The summed E-state index contributed by atoms with van der Waals surface area (Å²) in [5.41, 5.74) is -0.559. The highest BCUT2D eigenvalue weighted by Crippen LogP contribution is 2.33. The van der Waals surface area contributed by atoms with Crippen molar-refractivity contribution in [2.45, 2.75) is 12.7 Å². The highest BCUT2D eigenvalue weighted by atomic mass is 19.4. The number of rotatable bonds is 3. The van der Waals surface area contributed by atoms with Gasteiger partial charge in [0.1, 0.15) is 11.3 Å². The molecule has 0 atom stereocenters. The van der Waals surface area contributed by atoms with Crippen molar-refractivity contribution in [3.63, 3.8) is 0 Å². The lowest BCUT2D eigenvalue weighted by molar-refractivity contribution is -0.138. The van der Waals surface area contributed by atoms with Gasteiger partial charge in [0.25, 0.3) is 0 Å². The molecule has 3 rings (SSSR count). The number of hydrogen-bond acceptors (Lipinski definition) is 4. The smallest absolute Gasteiger partial charge is 0.350 e. The Labute approximate surface area is 121 Å². The van der Waals surface area contributed by atoms with Crippen molar-refractivity contribution in [3.8, 4) is 0 Å². The van der Waals surface area contributed by atoms with Crippen LogP contribution in [0.25, 0.3) is 11.2 Å². The van der Waals surface area contributed by atoms with Crippen LogP contribution in [0.2, 0.25) is 0 Å². The van der Waals surface area contributed by atoms with E-state index in [4.69, 9.17) is 0 Å². The summed E-state index contributed by atoms with van der Waals surface area (Å²) in [5.74, 6) is -0.876. The topological polar surface area (TPSA) is 66.5 Å². The first-order valence-corrected chi connectivity index (χ1v) is 6.20. The molecule has 5 nitrogen and oxygen atoms in total. The third-order valence-corrected chi connectivity index (χ3v) is 3.02. The van der Waals surface area contributed by atoms with Crippen molar-refractivity contribution in [2.24, 2.45) is 0 Å². The molecule has 0 bridgehead atoms. The predicted molar refractivity (Wildman–Crippen MR) is 70.4 cm³/mol. The van der Waals surface area contributed by atoms with Gasteiger partial charge in [-0.25, -0.2) is 14.4 Å². The van der Waals surface area contributed by atoms with Crippen molar-refractivity contribution < 1.29 is 17.6 Å². The normalized spacial score (nSPS) is 11.8. The number of H-pyrrole nitrogens is 1. The number of anilines is 1. The molecule has 0 aliphatic rings. The first-order valence-electron chi connectivity index (χ1n) is 6.20. The van der Waals surface area contributed by atoms with Crippen LogP contribution >= 0.6 is 0 Å². The Morgan fingerprint density at radius 1 is 1.18 bits per heavy atom. The molecule has 0 aliphatic carbocycles. The predicted octanol–water partition coefficient (Wildman–Crippen LogP) is 3.12. The van der Waals surface area contributed by atoms with E-state index in [0.717, 1.165) is 18.2 Å². The molecule has 0 saturated carbocycles. The summed E-state index contributed by atoms with van der Waals surface area (Å²) >= 11 is 0. The van der Waals surface area contributed by atoms with E-state index in [0.29, 0.717) is 11.2 Å². The largest absolute Gasteiger partial charge is 0.416 e. The molecule has 1 aromatic carbocycles. The van der Waals surface area contributed by atoms with Crippen molar-refractivity contribution in [1.29, 1.82) is 0 Å². The lowest BCUT2D eigenvalue weighted by Crippen LogP contribution is -2.14. The van der Waals surface area contributed by atoms with Crippen LogP contribution in [0.1, 0.15) is 11.1 Å². The molecule has 0 radical (unpaired) electrons. The summed E-state index contributed by atoms with van der Waals surface area (Å²) in [6.45, 7) is -0.391. The van der Waals surface area contributed by atoms with Crippen molar-refractivity contribution >= 4 is 17.1 Å². The first-order chi connectivity index (χ1) is 10.4. The summed E-state index contributed by atoms with van der Waals surface area (Å²) in [6.07, 6.45) is -1.78. The number of halogens is 4. The van der Waals surface area contributed by atoms with Crippen LogP contribution in [0.4, 0.5) is 23.5 Å². The number of imidazole rings is 1. The maximum atomic E-state index is 13.7. The quantitative estimate of drug-likeness (QED) is 0.729. The minimum atomic E-state index is -4.63. The van der Waals surface area contributed by atoms with Gasteiger partial charge < -0.3 is 10.3 Å². The average Bonchev–Trinajstić information content (AvgIpc) is 2.92. The van der Waals surface area contributed by atoms with Gasteiger partial charge in [0, 0.05) is 12.1 Å². The standard InChI is InChI=1S/C13H9F4N5/c14-9-3-1-2-8(13(15,16)17)7(9)4-18-12-19-5-10-11(22-12)21-6-20-10/h1-3,5-6H,4H2,(H2,18,19,20,21,22). The fourth-order valence-corrected chi connectivity index (χ4v) is 1.99. The molecular formula is C13H9F4N5. The Morgan fingerprint density at radius 2 is 2.00 bits per heavy atom. The van der Waals surface area contributed by atoms with Crippen LogP contribution in [0.5, 0.6) is 0 Å². The third-order valence-electron chi connectivity index (χ3n) is 3.02. The molecular weight excluding hydrogens is 302 g/mol. The Balaban J connectivity index is 1.87. The van der Waals surface area contributed by atoms with Crippen LogP contribution in [0.3, 0.4) is 0 Å². The molecule has 114 valence electrons. The Kier molecular flexibility index (Phi) is 3.39. The summed E-state index contributed by atoms with van der Waals surface area (Å²) in [5, 5.41) is 2.58. The van der Waals surface area contributed by atoms with E-state index in [1.165, 1.54) is 12.5 Å². The first kappa shape index (κ1) is 14.2. The Morgan fingerprint density at radius 3 is 2.77 bits per heavy atom. The highest BCUT2D eigenvalue weighted by molar-refractivity contribution is 5.69. The van der Waals surface area contributed by atoms with E-state index in [2.05, 4.69) is 25.3 Å². The van der Waals surface area contributed by atoms with Crippen LogP contribution < -0.4 is 5.32 Å². The molecule has 2 N–H and O–H groups in total. The van der Waals surface area contributed by atoms with Crippen LogP contribution in [0, 0.1) is 5.82 Å². The van der Waals surface area contributed by atoms with Crippen molar-refractivity contribution in [2.75, 3.05) is 5.32 Å². The summed E-state index contributed by atoms with van der Waals surface area (Å²) in [6, 6.07) is 2.83. The number of alkyl halides is 3. The zero-order valence-corrected chi connectivity index (χ0v) is 10.9. The second kappa shape index (κ2) is 5.24. The Hall–Kier alpha value is -2.71. The molecule has 0 fully saturated rings. The van der Waals surface area contributed by atoms with E-state index in [-0.39, 0.29) is 5.95 Å². The van der Waals surface area contributed by atoms with E-state index in [9.17, 15) is 17.6 Å². The lowest BCUT2D eigenvalue weighted by Gasteiger charge is -2.14. The molecule has 0 spiro atoms. The van der Waals surface area contributed by atoms with Gasteiger partial charge in [-0.1, -0.05) is 6.07 Å². The van der Waals surface area contributed by atoms with Gasteiger partial charge in [-0.05, 0) is 12.1 Å². The number of aromatic nitrogens is 4. The monoisotopic (exact) mass is 311 g/mol. The van der Waals surface area contributed by atoms with E-state index >= 15 is 0 Å². The Bertz CT molecular complexity index is 812. The van der Waals surface area contributed by atoms with Crippen molar-refractivity contribution in [1.82, 2.24) is 19.9 Å². The van der Waals surface area contributed by atoms with Crippen LogP contribution in [0.15, 0.2) is 30.7 Å². The highest BCUT2D eigenvalue weighted by Gasteiger charge is 2.34. The van der Waals surface area contributed by atoms with Gasteiger partial charge in [0.05, 0.1) is 18.1 Å².